The van der Waals surface area contributed by atoms with Crippen molar-refractivity contribution >= 4 is 40.1 Å². The number of rotatable bonds is 6. The first-order chi connectivity index (χ1) is 17.1. The Morgan fingerprint density at radius 1 is 0.829 bits per heavy atom. The van der Waals surface area contributed by atoms with Crippen LogP contribution in [0.2, 0.25) is 0 Å². The van der Waals surface area contributed by atoms with Crippen LogP contribution in [0.1, 0.15) is 5.56 Å². The molecule has 168 valence electrons. The van der Waals surface area contributed by atoms with Gasteiger partial charge in [0.05, 0.1) is 11.0 Å². The van der Waals surface area contributed by atoms with Crippen molar-refractivity contribution in [3.63, 3.8) is 0 Å². The number of anilines is 3. The average Bonchev–Trinajstić information content (AvgIpc) is 3.33. The fraction of sp³-hybridized carbons (Fsp3) is 0. The maximum Gasteiger partial charge on any atom is 0.346 e. The summed E-state index contributed by atoms with van der Waals surface area (Å²) in [5.74, 6) is -0.432. The van der Waals surface area contributed by atoms with Crippen LogP contribution < -0.4 is 4.90 Å². The minimum Gasteiger partial charge on any atom is -0.477 e. The summed E-state index contributed by atoms with van der Waals surface area (Å²) in [7, 11) is 0. The molecule has 0 saturated carbocycles. The first kappa shape index (κ1) is 21.7. The Morgan fingerprint density at radius 3 is 2.06 bits per heavy atom. The number of fused-ring (bicyclic) bond motifs is 1. The van der Waals surface area contributed by atoms with Gasteiger partial charge < -0.3 is 15.0 Å². The summed E-state index contributed by atoms with van der Waals surface area (Å²) >= 11 is 0. The number of hydrogen-bond acceptors (Lipinski definition) is 4. The number of benzene rings is 4. The van der Waals surface area contributed by atoms with Gasteiger partial charge in [-0.15, -0.1) is 0 Å². The number of nitrogens with zero attached hydrogens (tertiary/aromatic N) is 3. The molecule has 6 nitrogen and oxygen atoms in total. The van der Waals surface area contributed by atoms with Crippen LogP contribution in [-0.2, 0) is 4.79 Å². The number of nitrogens with one attached hydrogen (secondary N) is 1. The van der Waals surface area contributed by atoms with E-state index in [2.05, 4.69) is 14.9 Å². The third-order valence-corrected chi connectivity index (χ3v) is 5.62. The molecule has 0 saturated heterocycles. The third-order valence-electron chi connectivity index (χ3n) is 5.62. The van der Waals surface area contributed by atoms with Gasteiger partial charge >= 0.3 is 5.97 Å². The predicted octanol–water partition coefficient (Wildman–Crippen LogP) is 6.69. The molecule has 35 heavy (non-hydrogen) atoms. The largest absolute Gasteiger partial charge is 0.477 e. The van der Waals surface area contributed by atoms with Gasteiger partial charge in [0.2, 0.25) is 0 Å². The van der Waals surface area contributed by atoms with Gasteiger partial charge in [-0.1, -0.05) is 42.5 Å². The molecule has 0 bridgehead atoms. The third kappa shape index (κ3) is 4.52. The van der Waals surface area contributed by atoms with Gasteiger partial charge in [-0.05, 0) is 72.3 Å². The molecule has 0 fully saturated rings. The molecule has 0 aliphatic rings. The summed E-state index contributed by atoms with van der Waals surface area (Å²) in [4.78, 5) is 21.3. The zero-order chi connectivity index (χ0) is 24.2. The Hall–Kier alpha value is -5.15. The standard InChI is InChI=1S/C29H20N4O2/c30-19-22(29(34)35)18-20-10-14-24(15-11-20)33(23-6-2-1-3-7-23)25-16-12-21(13-17-25)28-31-26-8-4-5-9-27(26)32-28/h1-18H,(H,31,32)(H,34,35)/b22-18-. The normalized spacial score (nSPS) is 11.2. The fourth-order valence-electron chi connectivity index (χ4n) is 3.91. The second-order valence-electron chi connectivity index (χ2n) is 7.89. The smallest absolute Gasteiger partial charge is 0.346 e. The van der Waals surface area contributed by atoms with Crippen LogP contribution >= 0.6 is 0 Å². The molecule has 0 spiro atoms. The van der Waals surface area contributed by atoms with E-state index in [0.29, 0.717) is 5.56 Å². The summed E-state index contributed by atoms with van der Waals surface area (Å²) in [6, 6.07) is 35.2. The number of aromatic nitrogens is 2. The maximum atomic E-state index is 11.2. The molecule has 4 aromatic carbocycles. The van der Waals surface area contributed by atoms with E-state index in [1.165, 1.54) is 6.08 Å². The summed E-state index contributed by atoms with van der Waals surface area (Å²) in [5.41, 5.74) is 6.08. The van der Waals surface area contributed by atoms with Crippen molar-refractivity contribution in [3.05, 3.63) is 114 Å². The lowest BCUT2D eigenvalue weighted by Crippen LogP contribution is -2.09. The minimum atomic E-state index is -1.24. The number of H-pyrrole nitrogens is 1. The molecule has 0 atom stereocenters. The number of imidazole rings is 1. The minimum absolute atomic E-state index is 0.307. The van der Waals surface area contributed by atoms with Crippen LogP contribution in [-0.4, -0.2) is 21.0 Å². The molecule has 0 aliphatic carbocycles. The van der Waals surface area contributed by atoms with Gasteiger partial charge in [0.1, 0.15) is 17.5 Å². The summed E-state index contributed by atoms with van der Waals surface area (Å²) in [6.07, 6.45) is 1.36. The van der Waals surface area contributed by atoms with Crippen molar-refractivity contribution in [2.45, 2.75) is 0 Å². The summed E-state index contributed by atoms with van der Waals surface area (Å²) < 4.78 is 0. The van der Waals surface area contributed by atoms with Gasteiger partial charge in [0.25, 0.3) is 0 Å². The second kappa shape index (κ2) is 9.38. The lowest BCUT2D eigenvalue weighted by Gasteiger charge is -2.25. The van der Waals surface area contributed by atoms with Crippen LogP contribution in [0, 0.1) is 11.3 Å². The highest BCUT2D eigenvalue weighted by Gasteiger charge is 2.13. The first-order valence-electron chi connectivity index (χ1n) is 11.0. The average molecular weight is 457 g/mol. The van der Waals surface area contributed by atoms with E-state index in [0.717, 1.165) is 39.5 Å². The zero-order valence-corrected chi connectivity index (χ0v) is 18.6. The fourth-order valence-corrected chi connectivity index (χ4v) is 3.91. The number of carboxylic acid groups (broad SMARTS) is 1. The molecule has 0 aliphatic heterocycles. The number of carbonyl (C=O) groups is 1. The lowest BCUT2D eigenvalue weighted by molar-refractivity contribution is -0.132. The van der Waals surface area contributed by atoms with Gasteiger partial charge in [0.15, 0.2) is 0 Å². The van der Waals surface area contributed by atoms with E-state index in [9.17, 15) is 4.79 Å². The molecule has 6 heteroatoms. The van der Waals surface area contributed by atoms with E-state index in [-0.39, 0.29) is 5.57 Å². The Kier molecular flexibility index (Phi) is 5.81. The summed E-state index contributed by atoms with van der Waals surface area (Å²) in [6.45, 7) is 0. The van der Waals surface area contributed by atoms with Crippen molar-refractivity contribution in [2.75, 3.05) is 4.90 Å². The Morgan fingerprint density at radius 2 is 1.43 bits per heavy atom. The van der Waals surface area contributed by atoms with E-state index >= 15 is 0 Å². The van der Waals surface area contributed by atoms with Crippen LogP contribution in [0.3, 0.4) is 0 Å². The molecule has 0 amide bonds. The molecule has 0 radical (unpaired) electrons. The van der Waals surface area contributed by atoms with Gasteiger partial charge in [-0.3, -0.25) is 0 Å². The van der Waals surface area contributed by atoms with Gasteiger partial charge in [0, 0.05) is 22.6 Å². The van der Waals surface area contributed by atoms with Crippen LogP contribution in [0.5, 0.6) is 0 Å². The molecule has 1 heterocycles. The van der Waals surface area contributed by atoms with E-state index in [4.69, 9.17) is 10.4 Å². The Labute approximate surface area is 202 Å². The highest BCUT2D eigenvalue weighted by atomic mass is 16.4. The number of aliphatic carboxylic acids is 1. The number of para-hydroxylation sites is 3. The molecule has 0 unspecified atom stereocenters. The van der Waals surface area contributed by atoms with Crippen LogP contribution in [0.4, 0.5) is 17.1 Å². The maximum absolute atomic E-state index is 11.2. The Balaban J connectivity index is 1.50. The van der Waals surface area contributed by atoms with E-state index in [1.807, 2.05) is 91.0 Å². The molecule has 5 aromatic rings. The number of aromatic amines is 1. The predicted molar refractivity (Wildman–Crippen MR) is 137 cm³/mol. The molecular formula is C29H20N4O2. The Bertz CT molecular complexity index is 1530. The quantitative estimate of drug-likeness (QED) is 0.219. The van der Waals surface area contributed by atoms with Crippen molar-refractivity contribution in [1.29, 1.82) is 5.26 Å². The van der Waals surface area contributed by atoms with E-state index < -0.39 is 5.97 Å². The molecule has 5 rings (SSSR count). The SMILES string of the molecule is N#C/C(=C/c1ccc(N(c2ccccc2)c2ccc(-c3nc4ccccc4[nH]3)cc2)cc1)C(=O)O. The van der Waals surface area contributed by atoms with Crippen molar-refractivity contribution in [1.82, 2.24) is 9.97 Å². The number of hydrogen-bond donors (Lipinski definition) is 2. The molecular weight excluding hydrogens is 436 g/mol. The highest BCUT2D eigenvalue weighted by Crippen LogP contribution is 2.35. The van der Waals surface area contributed by atoms with Crippen molar-refractivity contribution < 1.29 is 9.90 Å². The lowest BCUT2D eigenvalue weighted by atomic mass is 10.1. The topological polar surface area (TPSA) is 93.0 Å². The monoisotopic (exact) mass is 456 g/mol. The van der Waals surface area contributed by atoms with Crippen molar-refractivity contribution in [3.8, 4) is 17.5 Å². The van der Waals surface area contributed by atoms with Crippen molar-refractivity contribution in [2.24, 2.45) is 0 Å². The molecule has 2 N–H and O–H groups in total. The van der Waals surface area contributed by atoms with Crippen LogP contribution in [0.25, 0.3) is 28.5 Å². The van der Waals surface area contributed by atoms with Gasteiger partial charge in [-0.2, -0.15) is 5.26 Å². The second-order valence-corrected chi connectivity index (χ2v) is 7.89. The highest BCUT2D eigenvalue weighted by molar-refractivity contribution is 5.96. The van der Waals surface area contributed by atoms with Crippen LogP contribution in [0.15, 0.2) is 109 Å². The van der Waals surface area contributed by atoms with Gasteiger partial charge in [-0.25, -0.2) is 9.78 Å². The first-order valence-corrected chi connectivity index (χ1v) is 11.0. The summed E-state index contributed by atoms with van der Waals surface area (Å²) in [5, 5.41) is 18.1. The van der Waals surface area contributed by atoms with E-state index in [1.54, 1.807) is 18.2 Å². The zero-order valence-electron chi connectivity index (χ0n) is 18.6. The molecule has 1 aromatic heterocycles. The number of carboxylic acids is 1. The number of nitriles is 1.